The summed E-state index contributed by atoms with van der Waals surface area (Å²) >= 11 is 3.53. The minimum absolute atomic E-state index is 0.151. The molecular weight excluding hydrogens is 240 g/mol. The summed E-state index contributed by atoms with van der Waals surface area (Å²) < 4.78 is 1.10. The van der Waals surface area contributed by atoms with Gasteiger partial charge in [0.05, 0.1) is 6.04 Å². The zero-order valence-electron chi connectivity index (χ0n) is 8.84. The van der Waals surface area contributed by atoms with Crippen LogP contribution in [0.15, 0.2) is 28.7 Å². The summed E-state index contributed by atoms with van der Waals surface area (Å²) in [6.45, 7) is 4.04. The summed E-state index contributed by atoms with van der Waals surface area (Å²) in [6, 6.07) is 8.30. The standard InChI is InChI=1S/C11H17BrN2/c1-11(2,13)10(14-3)8-6-4-5-7-9(8)12/h4-7,10,14H,13H2,1-3H3. The Balaban J connectivity index is 3.08. The van der Waals surface area contributed by atoms with Gasteiger partial charge in [-0.25, -0.2) is 0 Å². The zero-order valence-corrected chi connectivity index (χ0v) is 10.4. The van der Waals surface area contributed by atoms with E-state index in [2.05, 4.69) is 27.3 Å². The van der Waals surface area contributed by atoms with Gasteiger partial charge in [0.2, 0.25) is 0 Å². The van der Waals surface area contributed by atoms with Crippen molar-refractivity contribution >= 4 is 15.9 Å². The fraction of sp³-hybridized carbons (Fsp3) is 0.455. The predicted molar refractivity (Wildman–Crippen MR) is 64.2 cm³/mol. The van der Waals surface area contributed by atoms with E-state index in [0.717, 1.165) is 4.47 Å². The van der Waals surface area contributed by atoms with E-state index in [9.17, 15) is 0 Å². The molecule has 0 aliphatic heterocycles. The van der Waals surface area contributed by atoms with E-state index in [-0.39, 0.29) is 11.6 Å². The molecule has 1 aromatic rings. The smallest absolute Gasteiger partial charge is 0.0506 e. The number of hydrogen-bond acceptors (Lipinski definition) is 2. The van der Waals surface area contributed by atoms with Crippen LogP contribution in [0.1, 0.15) is 25.5 Å². The lowest BCUT2D eigenvalue weighted by Crippen LogP contribution is -2.45. The number of halogens is 1. The maximum atomic E-state index is 6.11. The Morgan fingerprint density at radius 1 is 1.36 bits per heavy atom. The van der Waals surface area contributed by atoms with Gasteiger partial charge in [0, 0.05) is 10.0 Å². The Kier molecular flexibility index (Phi) is 3.70. The van der Waals surface area contributed by atoms with E-state index in [1.807, 2.05) is 39.1 Å². The second-order valence-electron chi connectivity index (χ2n) is 4.06. The van der Waals surface area contributed by atoms with Crippen molar-refractivity contribution < 1.29 is 0 Å². The molecule has 1 unspecified atom stereocenters. The van der Waals surface area contributed by atoms with E-state index < -0.39 is 0 Å². The first kappa shape index (κ1) is 11.7. The highest BCUT2D eigenvalue weighted by atomic mass is 79.9. The highest BCUT2D eigenvalue weighted by Crippen LogP contribution is 2.28. The van der Waals surface area contributed by atoms with E-state index in [0.29, 0.717) is 0 Å². The van der Waals surface area contributed by atoms with Gasteiger partial charge in [-0.05, 0) is 32.5 Å². The minimum Gasteiger partial charge on any atom is -0.324 e. The van der Waals surface area contributed by atoms with Crippen molar-refractivity contribution in [2.45, 2.75) is 25.4 Å². The molecule has 1 atom stereocenters. The largest absolute Gasteiger partial charge is 0.324 e. The quantitative estimate of drug-likeness (QED) is 0.872. The van der Waals surface area contributed by atoms with Crippen LogP contribution in [-0.2, 0) is 0 Å². The van der Waals surface area contributed by atoms with E-state index >= 15 is 0 Å². The fourth-order valence-electron chi connectivity index (χ4n) is 1.64. The summed E-state index contributed by atoms with van der Waals surface area (Å²) in [7, 11) is 1.93. The highest BCUT2D eigenvalue weighted by molar-refractivity contribution is 9.10. The lowest BCUT2D eigenvalue weighted by molar-refractivity contribution is 0.369. The van der Waals surface area contributed by atoms with Crippen LogP contribution in [0.2, 0.25) is 0 Å². The number of benzene rings is 1. The van der Waals surface area contributed by atoms with Crippen LogP contribution < -0.4 is 11.1 Å². The number of nitrogens with two attached hydrogens (primary N) is 1. The first-order valence-electron chi connectivity index (χ1n) is 4.67. The SMILES string of the molecule is CNC(c1ccccc1Br)C(C)(C)N. The lowest BCUT2D eigenvalue weighted by Gasteiger charge is -2.31. The molecule has 0 radical (unpaired) electrons. The predicted octanol–water partition coefficient (Wildman–Crippen LogP) is 2.45. The number of nitrogens with one attached hydrogen (secondary N) is 1. The third-order valence-electron chi connectivity index (χ3n) is 2.25. The maximum absolute atomic E-state index is 6.11. The molecule has 0 saturated heterocycles. The van der Waals surface area contributed by atoms with Crippen LogP contribution in [0.25, 0.3) is 0 Å². The van der Waals surface area contributed by atoms with Crippen LogP contribution in [0.3, 0.4) is 0 Å². The summed E-state index contributed by atoms with van der Waals surface area (Å²) in [5, 5.41) is 3.24. The van der Waals surface area contributed by atoms with Crippen LogP contribution >= 0.6 is 15.9 Å². The van der Waals surface area contributed by atoms with Gasteiger partial charge in [-0.3, -0.25) is 0 Å². The summed E-state index contributed by atoms with van der Waals surface area (Å²) in [5.74, 6) is 0. The number of rotatable bonds is 3. The van der Waals surface area contributed by atoms with Gasteiger partial charge in [0.1, 0.15) is 0 Å². The Bertz CT molecular complexity index is 304. The molecule has 78 valence electrons. The molecule has 1 rings (SSSR count). The Hall–Kier alpha value is -0.380. The highest BCUT2D eigenvalue weighted by Gasteiger charge is 2.26. The molecule has 14 heavy (non-hydrogen) atoms. The Morgan fingerprint density at radius 2 is 1.93 bits per heavy atom. The first-order chi connectivity index (χ1) is 6.46. The van der Waals surface area contributed by atoms with E-state index in [1.54, 1.807) is 0 Å². The Morgan fingerprint density at radius 3 is 2.36 bits per heavy atom. The van der Waals surface area contributed by atoms with Crippen LogP contribution in [0.4, 0.5) is 0 Å². The topological polar surface area (TPSA) is 38.0 Å². The van der Waals surface area contributed by atoms with E-state index in [1.165, 1.54) is 5.56 Å². The molecule has 0 bridgehead atoms. The molecule has 0 aromatic heterocycles. The zero-order chi connectivity index (χ0) is 10.8. The molecular formula is C11H17BrN2. The molecule has 2 nitrogen and oxygen atoms in total. The second-order valence-corrected chi connectivity index (χ2v) is 4.92. The lowest BCUT2D eigenvalue weighted by atomic mass is 9.90. The average Bonchev–Trinajstić information content (AvgIpc) is 2.07. The number of likely N-dealkylation sites (N-methyl/N-ethyl adjacent to an activating group) is 1. The first-order valence-corrected chi connectivity index (χ1v) is 5.46. The summed E-state index contributed by atoms with van der Waals surface area (Å²) in [4.78, 5) is 0. The van der Waals surface area contributed by atoms with Gasteiger partial charge in [-0.1, -0.05) is 34.1 Å². The maximum Gasteiger partial charge on any atom is 0.0506 e. The fourth-order valence-corrected chi connectivity index (χ4v) is 2.15. The monoisotopic (exact) mass is 256 g/mol. The minimum atomic E-state index is -0.279. The molecule has 0 fully saturated rings. The molecule has 3 N–H and O–H groups in total. The third-order valence-corrected chi connectivity index (χ3v) is 2.97. The average molecular weight is 257 g/mol. The van der Waals surface area contributed by atoms with Gasteiger partial charge in [-0.2, -0.15) is 0 Å². The molecule has 0 heterocycles. The molecule has 0 amide bonds. The number of hydrogen-bond donors (Lipinski definition) is 2. The molecule has 0 aliphatic carbocycles. The van der Waals surface area contributed by atoms with Crippen molar-refractivity contribution in [2.75, 3.05) is 7.05 Å². The van der Waals surface area contributed by atoms with Crippen molar-refractivity contribution in [1.82, 2.24) is 5.32 Å². The summed E-state index contributed by atoms with van der Waals surface area (Å²) in [5.41, 5.74) is 7.03. The van der Waals surface area contributed by atoms with Crippen LogP contribution in [0.5, 0.6) is 0 Å². The van der Waals surface area contributed by atoms with Crippen LogP contribution in [0, 0.1) is 0 Å². The van der Waals surface area contributed by atoms with Crippen LogP contribution in [-0.4, -0.2) is 12.6 Å². The van der Waals surface area contributed by atoms with Gasteiger partial charge in [-0.15, -0.1) is 0 Å². The molecule has 3 heteroatoms. The van der Waals surface area contributed by atoms with Crippen molar-refractivity contribution in [3.8, 4) is 0 Å². The molecule has 1 aromatic carbocycles. The molecule has 0 saturated carbocycles. The van der Waals surface area contributed by atoms with Gasteiger partial charge >= 0.3 is 0 Å². The van der Waals surface area contributed by atoms with Gasteiger partial charge < -0.3 is 11.1 Å². The summed E-state index contributed by atoms with van der Waals surface area (Å²) in [6.07, 6.45) is 0. The Labute approximate surface area is 94.0 Å². The molecule has 0 aliphatic rings. The van der Waals surface area contributed by atoms with Crippen molar-refractivity contribution in [1.29, 1.82) is 0 Å². The van der Waals surface area contributed by atoms with Crippen molar-refractivity contribution in [3.05, 3.63) is 34.3 Å². The van der Waals surface area contributed by atoms with E-state index in [4.69, 9.17) is 5.73 Å². The van der Waals surface area contributed by atoms with Gasteiger partial charge in [0.25, 0.3) is 0 Å². The normalized spacial score (nSPS) is 14.1. The van der Waals surface area contributed by atoms with Crippen molar-refractivity contribution in [2.24, 2.45) is 5.73 Å². The van der Waals surface area contributed by atoms with Crippen molar-refractivity contribution in [3.63, 3.8) is 0 Å². The third kappa shape index (κ3) is 2.56. The van der Waals surface area contributed by atoms with Gasteiger partial charge in [0.15, 0.2) is 0 Å². The second kappa shape index (κ2) is 4.43. The molecule has 0 spiro atoms.